The Morgan fingerprint density at radius 1 is 1.06 bits per heavy atom. The minimum atomic E-state index is -0.733. The average Bonchev–Trinajstić information content (AvgIpc) is 3.21. The second kappa shape index (κ2) is 9.77. The van der Waals surface area contributed by atoms with Gasteiger partial charge in [0.15, 0.2) is 5.82 Å². The first kappa shape index (κ1) is 21.7. The van der Waals surface area contributed by atoms with Crippen molar-refractivity contribution in [3.05, 3.63) is 101 Å². The van der Waals surface area contributed by atoms with E-state index in [0.29, 0.717) is 28.5 Å². The van der Waals surface area contributed by atoms with Crippen molar-refractivity contribution in [1.82, 2.24) is 20.1 Å². The Kier molecular flexibility index (Phi) is 6.63. The summed E-state index contributed by atoms with van der Waals surface area (Å²) in [7, 11) is 0. The zero-order valence-corrected chi connectivity index (χ0v) is 18.3. The third-order valence-corrected chi connectivity index (χ3v) is 5.44. The smallest absolute Gasteiger partial charge is 0.255 e. The van der Waals surface area contributed by atoms with E-state index in [1.807, 2.05) is 60.7 Å². The van der Waals surface area contributed by atoms with Gasteiger partial charge in [-0.2, -0.15) is 5.10 Å². The highest BCUT2D eigenvalue weighted by Gasteiger charge is 2.22. The summed E-state index contributed by atoms with van der Waals surface area (Å²) in [6, 6.07) is 22.2. The predicted octanol–water partition coefficient (Wildman–Crippen LogP) is 4.31. The maximum absolute atomic E-state index is 13.2. The van der Waals surface area contributed by atoms with Gasteiger partial charge in [-0.3, -0.25) is 4.79 Å². The topological polar surface area (TPSA) is 80.0 Å². The lowest BCUT2D eigenvalue weighted by Crippen LogP contribution is -2.44. The molecule has 0 aliphatic heterocycles. The number of carbonyl (C=O) groups is 1. The van der Waals surface area contributed by atoms with Gasteiger partial charge in [-0.15, -0.1) is 0 Å². The molecule has 2 aromatic heterocycles. The van der Waals surface area contributed by atoms with Crippen molar-refractivity contribution < 1.29 is 9.90 Å². The minimum absolute atomic E-state index is 0.338. The summed E-state index contributed by atoms with van der Waals surface area (Å²) >= 11 is 6.43. The van der Waals surface area contributed by atoms with Crippen molar-refractivity contribution in [3.63, 3.8) is 0 Å². The summed E-state index contributed by atoms with van der Waals surface area (Å²) in [5.41, 5.74) is 2.84. The standard InChI is InChI=1S/C25H23ClN4O2/c1-17(31)22(15-18-9-4-2-5-10-18)28-25(32)20-13-8-14-27-24(20)30-16-21(26)23(29-30)19-11-6-3-7-12-19/h2-14,16-17,22,31H,15H2,1H3,(H,28,32). The molecule has 0 radical (unpaired) electrons. The average molecular weight is 447 g/mol. The zero-order chi connectivity index (χ0) is 22.5. The van der Waals surface area contributed by atoms with E-state index >= 15 is 0 Å². The molecule has 4 rings (SSSR count). The SMILES string of the molecule is CC(O)C(Cc1ccccc1)NC(=O)c1cccnc1-n1cc(Cl)c(-c2ccccc2)n1. The number of carbonyl (C=O) groups excluding carboxylic acids is 1. The summed E-state index contributed by atoms with van der Waals surface area (Å²) in [6.07, 6.45) is 3.01. The molecular weight excluding hydrogens is 424 g/mol. The molecule has 4 aromatic rings. The number of aromatic nitrogens is 3. The molecule has 32 heavy (non-hydrogen) atoms. The van der Waals surface area contributed by atoms with Crippen LogP contribution in [0.3, 0.4) is 0 Å². The summed E-state index contributed by atoms with van der Waals surface area (Å²) in [5, 5.41) is 18.2. The molecule has 2 aromatic carbocycles. The van der Waals surface area contributed by atoms with E-state index in [4.69, 9.17) is 11.6 Å². The van der Waals surface area contributed by atoms with E-state index in [1.165, 1.54) is 4.68 Å². The van der Waals surface area contributed by atoms with Crippen LogP contribution in [-0.2, 0) is 6.42 Å². The molecule has 0 aliphatic rings. The van der Waals surface area contributed by atoms with Crippen LogP contribution in [0.5, 0.6) is 0 Å². The second-order valence-electron chi connectivity index (χ2n) is 7.52. The lowest BCUT2D eigenvalue weighted by molar-refractivity contribution is 0.0858. The molecule has 0 aliphatic carbocycles. The Morgan fingerprint density at radius 2 is 1.75 bits per heavy atom. The van der Waals surface area contributed by atoms with Crippen molar-refractivity contribution in [2.75, 3.05) is 0 Å². The van der Waals surface area contributed by atoms with Gasteiger partial charge >= 0.3 is 0 Å². The molecule has 0 saturated heterocycles. The number of halogens is 1. The summed E-state index contributed by atoms with van der Waals surface area (Å²) < 4.78 is 1.51. The van der Waals surface area contributed by atoms with Crippen LogP contribution in [0.15, 0.2) is 85.2 Å². The van der Waals surface area contributed by atoms with Crippen LogP contribution in [0.25, 0.3) is 17.1 Å². The van der Waals surface area contributed by atoms with Crippen molar-refractivity contribution in [1.29, 1.82) is 0 Å². The molecule has 2 atom stereocenters. The van der Waals surface area contributed by atoms with Crippen molar-refractivity contribution in [2.45, 2.75) is 25.5 Å². The number of aliphatic hydroxyl groups is 1. The first-order valence-electron chi connectivity index (χ1n) is 10.3. The molecule has 6 nitrogen and oxygen atoms in total. The Labute approximate surface area is 191 Å². The number of aliphatic hydroxyl groups excluding tert-OH is 1. The lowest BCUT2D eigenvalue weighted by atomic mass is 10.0. The molecule has 0 bridgehead atoms. The molecule has 2 unspecified atom stereocenters. The summed E-state index contributed by atoms with van der Waals surface area (Å²) in [5.74, 6) is 0.0148. The van der Waals surface area contributed by atoms with Crippen LogP contribution >= 0.6 is 11.6 Å². The van der Waals surface area contributed by atoms with Gasteiger partial charge < -0.3 is 10.4 Å². The van der Waals surface area contributed by atoms with Crippen LogP contribution in [0.1, 0.15) is 22.8 Å². The molecule has 7 heteroatoms. The number of hydrogen-bond donors (Lipinski definition) is 2. The van der Waals surface area contributed by atoms with E-state index in [2.05, 4.69) is 15.4 Å². The Bertz CT molecular complexity index is 1190. The van der Waals surface area contributed by atoms with Gasteiger partial charge in [-0.1, -0.05) is 72.3 Å². The number of rotatable bonds is 7. The minimum Gasteiger partial charge on any atom is -0.391 e. The number of nitrogens with one attached hydrogen (secondary N) is 1. The number of pyridine rings is 1. The lowest BCUT2D eigenvalue weighted by Gasteiger charge is -2.22. The van der Waals surface area contributed by atoms with E-state index in [9.17, 15) is 9.90 Å². The van der Waals surface area contributed by atoms with E-state index < -0.39 is 12.1 Å². The molecule has 2 N–H and O–H groups in total. The fourth-order valence-corrected chi connectivity index (χ4v) is 3.71. The fraction of sp³-hybridized carbons (Fsp3) is 0.160. The van der Waals surface area contributed by atoms with E-state index in [0.717, 1.165) is 11.1 Å². The highest BCUT2D eigenvalue weighted by Crippen LogP contribution is 2.27. The molecular formula is C25H23ClN4O2. The second-order valence-corrected chi connectivity index (χ2v) is 7.93. The zero-order valence-electron chi connectivity index (χ0n) is 17.5. The molecule has 0 spiro atoms. The third kappa shape index (κ3) is 4.88. The molecule has 1 amide bonds. The number of hydrogen-bond acceptors (Lipinski definition) is 4. The normalized spacial score (nSPS) is 12.8. The van der Waals surface area contributed by atoms with Gasteiger partial charge in [0.05, 0.1) is 28.9 Å². The first-order valence-corrected chi connectivity index (χ1v) is 10.7. The monoisotopic (exact) mass is 446 g/mol. The van der Waals surface area contributed by atoms with Gasteiger partial charge in [0, 0.05) is 11.8 Å². The quantitative estimate of drug-likeness (QED) is 0.443. The van der Waals surface area contributed by atoms with Gasteiger partial charge in [0.2, 0.25) is 0 Å². The maximum Gasteiger partial charge on any atom is 0.255 e. The van der Waals surface area contributed by atoms with Crippen LogP contribution in [0, 0.1) is 0 Å². The molecule has 0 fully saturated rings. The number of amides is 1. The van der Waals surface area contributed by atoms with Crippen LogP contribution < -0.4 is 5.32 Å². The van der Waals surface area contributed by atoms with Crippen molar-refractivity contribution >= 4 is 17.5 Å². The van der Waals surface area contributed by atoms with Crippen molar-refractivity contribution in [3.8, 4) is 17.1 Å². The van der Waals surface area contributed by atoms with Crippen LogP contribution in [0.4, 0.5) is 0 Å². The first-order chi connectivity index (χ1) is 15.5. The molecule has 0 saturated carbocycles. The largest absolute Gasteiger partial charge is 0.391 e. The highest BCUT2D eigenvalue weighted by atomic mass is 35.5. The van der Waals surface area contributed by atoms with E-state index in [-0.39, 0.29) is 5.91 Å². The number of benzene rings is 2. The maximum atomic E-state index is 13.2. The summed E-state index contributed by atoms with van der Waals surface area (Å²) in [4.78, 5) is 17.5. The molecule has 162 valence electrons. The number of nitrogens with zero attached hydrogens (tertiary/aromatic N) is 3. The van der Waals surface area contributed by atoms with E-state index in [1.54, 1.807) is 31.5 Å². The fourth-order valence-electron chi connectivity index (χ4n) is 3.47. The Morgan fingerprint density at radius 3 is 2.44 bits per heavy atom. The predicted molar refractivity (Wildman–Crippen MR) is 125 cm³/mol. The van der Waals surface area contributed by atoms with Crippen LogP contribution in [-0.4, -0.2) is 37.9 Å². The van der Waals surface area contributed by atoms with Crippen LogP contribution in [0.2, 0.25) is 5.02 Å². The highest BCUT2D eigenvalue weighted by molar-refractivity contribution is 6.33. The summed E-state index contributed by atoms with van der Waals surface area (Å²) in [6.45, 7) is 1.66. The Balaban J connectivity index is 1.61. The van der Waals surface area contributed by atoms with Gasteiger partial charge in [-0.25, -0.2) is 9.67 Å². The van der Waals surface area contributed by atoms with Crippen molar-refractivity contribution in [2.24, 2.45) is 0 Å². The van der Waals surface area contributed by atoms with Gasteiger partial charge in [0.1, 0.15) is 5.69 Å². The third-order valence-electron chi connectivity index (χ3n) is 5.16. The van der Waals surface area contributed by atoms with Gasteiger partial charge in [-0.05, 0) is 31.0 Å². The van der Waals surface area contributed by atoms with Gasteiger partial charge in [0.25, 0.3) is 5.91 Å². The Hall–Kier alpha value is -3.48. The molecule has 2 heterocycles.